The number of H-pyrrole nitrogens is 1. The van der Waals surface area contributed by atoms with Gasteiger partial charge in [-0.1, -0.05) is 18.5 Å². The Balaban J connectivity index is 1.81. The van der Waals surface area contributed by atoms with Crippen molar-refractivity contribution in [1.82, 2.24) is 19.9 Å². The summed E-state index contributed by atoms with van der Waals surface area (Å²) in [5, 5.41) is 2.29. The number of fused-ring (bicyclic) bond motifs is 1. The first kappa shape index (κ1) is 17.6. The number of aromatic nitrogens is 4. The van der Waals surface area contributed by atoms with Gasteiger partial charge in [0.15, 0.2) is 5.16 Å². The second-order valence-corrected chi connectivity index (χ2v) is 8.04. The minimum atomic E-state index is 0.167. The van der Waals surface area contributed by atoms with E-state index in [9.17, 15) is 0 Å². The molecule has 1 aliphatic heterocycles. The maximum Gasteiger partial charge on any atom is 0.196 e. The quantitative estimate of drug-likeness (QED) is 0.665. The molecular formula is C18H21ClN6S. The molecule has 0 unspecified atom stereocenters. The number of pyridine rings is 1. The van der Waals surface area contributed by atoms with Crippen LogP contribution in [0.25, 0.3) is 11.0 Å². The van der Waals surface area contributed by atoms with Crippen LogP contribution in [0.15, 0.2) is 28.5 Å². The predicted octanol–water partition coefficient (Wildman–Crippen LogP) is 3.57. The lowest BCUT2D eigenvalue weighted by molar-refractivity contribution is 0.751. The number of halogens is 1. The van der Waals surface area contributed by atoms with E-state index in [0.717, 1.165) is 58.9 Å². The lowest BCUT2D eigenvalue weighted by Crippen LogP contribution is -2.27. The van der Waals surface area contributed by atoms with E-state index in [-0.39, 0.29) is 6.04 Å². The summed E-state index contributed by atoms with van der Waals surface area (Å²) < 4.78 is 0. The monoisotopic (exact) mass is 388 g/mol. The van der Waals surface area contributed by atoms with Crippen LogP contribution < -0.4 is 10.6 Å². The Hall–Kier alpha value is -1.83. The molecule has 4 heterocycles. The Morgan fingerprint density at radius 2 is 2.23 bits per heavy atom. The summed E-state index contributed by atoms with van der Waals surface area (Å²) in [6, 6.07) is 2.25. The molecule has 1 atom stereocenters. The number of nitrogens with zero attached hydrogens (tertiary/aromatic N) is 4. The number of anilines is 1. The Kier molecular flexibility index (Phi) is 4.77. The largest absolute Gasteiger partial charge is 0.354 e. The molecule has 3 aromatic heterocycles. The molecule has 1 saturated heterocycles. The molecule has 0 aromatic carbocycles. The average molecular weight is 389 g/mol. The van der Waals surface area contributed by atoms with Gasteiger partial charge >= 0.3 is 0 Å². The Labute approximate surface area is 161 Å². The summed E-state index contributed by atoms with van der Waals surface area (Å²) >= 11 is 8.13. The van der Waals surface area contributed by atoms with E-state index in [1.54, 1.807) is 0 Å². The van der Waals surface area contributed by atoms with Gasteiger partial charge in [0, 0.05) is 42.1 Å². The summed E-state index contributed by atoms with van der Waals surface area (Å²) in [7, 11) is 0. The van der Waals surface area contributed by atoms with Crippen LogP contribution in [0.2, 0.25) is 5.02 Å². The Bertz CT molecular complexity index is 956. The normalized spacial score (nSPS) is 17.4. The number of rotatable bonds is 4. The first-order valence-corrected chi connectivity index (χ1v) is 9.92. The SMILES string of the molecule is CCc1[nH]c2nc(Sc3cncc(C)c3)nc(N3CC[C@@H](N)C3)c2c1Cl. The summed E-state index contributed by atoms with van der Waals surface area (Å²) in [6.45, 7) is 5.76. The first-order chi connectivity index (χ1) is 12.5. The highest BCUT2D eigenvalue weighted by Gasteiger charge is 2.26. The lowest BCUT2D eigenvalue weighted by atomic mass is 10.3. The van der Waals surface area contributed by atoms with Gasteiger partial charge in [-0.3, -0.25) is 4.98 Å². The summed E-state index contributed by atoms with van der Waals surface area (Å²) in [5.74, 6) is 0.868. The molecule has 1 fully saturated rings. The summed E-state index contributed by atoms with van der Waals surface area (Å²) in [5.41, 5.74) is 8.99. The van der Waals surface area contributed by atoms with Crippen LogP contribution in [0.5, 0.6) is 0 Å². The van der Waals surface area contributed by atoms with Crippen molar-refractivity contribution in [3.05, 3.63) is 34.7 Å². The Morgan fingerprint density at radius 3 is 2.92 bits per heavy atom. The second-order valence-electron chi connectivity index (χ2n) is 6.62. The molecule has 0 amide bonds. The minimum Gasteiger partial charge on any atom is -0.354 e. The molecule has 26 heavy (non-hydrogen) atoms. The summed E-state index contributed by atoms with van der Waals surface area (Å²) in [6.07, 6.45) is 5.44. The van der Waals surface area contributed by atoms with Gasteiger partial charge in [-0.2, -0.15) is 0 Å². The van der Waals surface area contributed by atoms with Gasteiger partial charge in [-0.25, -0.2) is 9.97 Å². The molecule has 1 aliphatic rings. The van der Waals surface area contributed by atoms with Gasteiger partial charge in [-0.15, -0.1) is 0 Å². The van der Waals surface area contributed by atoms with Crippen molar-refractivity contribution >= 4 is 40.2 Å². The van der Waals surface area contributed by atoms with Crippen molar-refractivity contribution in [2.24, 2.45) is 5.73 Å². The van der Waals surface area contributed by atoms with E-state index in [1.165, 1.54) is 11.8 Å². The fourth-order valence-corrected chi connectivity index (χ4v) is 4.45. The van der Waals surface area contributed by atoms with Gasteiger partial charge in [0.1, 0.15) is 11.5 Å². The molecule has 6 nitrogen and oxygen atoms in total. The van der Waals surface area contributed by atoms with Crippen molar-refractivity contribution in [1.29, 1.82) is 0 Å². The Morgan fingerprint density at radius 1 is 1.38 bits per heavy atom. The minimum absolute atomic E-state index is 0.167. The van der Waals surface area contributed by atoms with Crippen LogP contribution in [-0.2, 0) is 6.42 Å². The maximum absolute atomic E-state index is 6.62. The van der Waals surface area contributed by atoms with Crippen LogP contribution in [0.4, 0.5) is 5.82 Å². The molecule has 0 radical (unpaired) electrons. The highest BCUT2D eigenvalue weighted by atomic mass is 35.5. The van der Waals surface area contributed by atoms with E-state index in [1.807, 2.05) is 19.3 Å². The fourth-order valence-electron chi connectivity index (χ4n) is 3.26. The van der Waals surface area contributed by atoms with E-state index in [0.29, 0.717) is 10.2 Å². The van der Waals surface area contributed by atoms with Crippen molar-refractivity contribution in [2.75, 3.05) is 18.0 Å². The van der Waals surface area contributed by atoms with Crippen molar-refractivity contribution in [3.8, 4) is 0 Å². The molecule has 0 bridgehead atoms. The molecule has 8 heteroatoms. The maximum atomic E-state index is 6.62. The zero-order valence-electron chi connectivity index (χ0n) is 14.8. The molecule has 0 spiro atoms. The smallest absolute Gasteiger partial charge is 0.196 e. The number of hydrogen-bond donors (Lipinski definition) is 2. The highest BCUT2D eigenvalue weighted by molar-refractivity contribution is 7.99. The van der Waals surface area contributed by atoms with Gasteiger partial charge in [0.25, 0.3) is 0 Å². The molecular weight excluding hydrogens is 368 g/mol. The second kappa shape index (κ2) is 7.06. The zero-order valence-corrected chi connectivity index (χ0v) is 16.4. The fraction of sp³-hybridized carbons (Fsp3) is 0.389. The lowest BCUT2D eigenvalue weighted by Gasteiger charge is -2.18. The van der Waals surface area contributed by atoms with Crippen LogP contribution in [0.1, 0.15) is 24.6 Å². The average Bonchev–Trinajstić information content (AvgIpc) is 3.18. The van der Waals surface area contributed by atoms with Crippen molar-refractivity contribution in [2.45, 2.75) is 42.8 Å². The molecule has 3 aromatic rings. The molecule has 0 saturated carbocycles. The molecule has 3 N–H and O–H groups in total. The third-order valence-corrected chi connectivity index (χ3v) is 5.80. The van der Waals surface area contributed by atoms with E-state index in [4.69, 9.17) is 27.3 Å². The van der Waals surface area contributed by atoms with E-state index >= 15 is 0 Å². The summed E-state index contributed by atoms with van der Waals surface area (Å²) in [4.78, 5) is 20.4. The standard InChI is InChI=1S/C18H21ClN6S/c1-3-13-15(19)14-16(22-13)23-18(26-12-6-10(2)7-21-8-12)24-17(14)25-5-4-11(20)9-25/h6-8,11H,3-5,9,20H2,1-2H3,(H,22,23,24)/t11-/m1/s1. The predicted molar refractivity (Wildman–Crippen MR) is 106 cm³/mol. The van der Waals surface area contributed by atoms with Crippen LogP contribution in [0.3, 0.4) is 0 Å². The van der Waals surface area contributed by atoms with Crippen molar-refractivity contribution < 1.29 is 0 Å². The first-order valence-electron chi connectivity index (χ1n) is 8.73. The number of aryl methyl sites for hydroxylation is 2. The third kappa shape index (κ3) is 3.26. The number of nitrogens with one attached hydrogen (secondary N) is 1. The van der Waals surface area contributed by atoms with Crippen LogP contribution in [0, 0.1) is 6.92 Å². The van der Waals surface area contributed by atoms with Crippen LogP contribution in [-0.4, -0.2) is 39.1 Å². The van der Waals surface area contributed by atoms with E-state index < -0.39 is 0 Å². The molecule has 0 aliphatic carbocycles. The van der Waals surface area contributed by atoms with Gasteiger partial charge in [-0.05, 0) is 43.2 Å². The molecule has 136 valence electrons. The van der Waals surface area contributed by atoms with E-state index in [2.05, 4.69) is 27.9 Å². The van der Waals surface area contributed by atoms with Crippen molar-refractivity contribution in [3.63, 3.8) is 0 Å². The number of aromatic amines is 1. The number of nitrogens with two attached hydrogens (primary N) is 1. The topological polar surface area (TPSA) is 83.7 Å². The zero-order chi connectivity index (χ0) is 18.3. The third-order valence-electron chi connectivity index (χ3n) is 4.56. The molecule has 4 rings (SSSR count). The van der Waals surface area contributed by atoms with Crippen LogP contribution >= 0.6 is 23.4 Å². The van der Waals surface area contributed by atoms with Gasteiger partial charge < -0.3 is 15.6 Å². The van der Waals surface area contributed by atoms with Gasteiger partial charge in [0.2, 0.25) is 0 Å². The van der Waals surface area contributed by atoms with Gasteiger partial charge in [0.05, 0.1) is 10.4 Å². The highest BCUT2D eigenvalue weighted by Crippen LogP contribution is 2.37. The number of hydrogen-bond acceptors (Lipinski definition) is 6.